The zero-order chi connectivity index (χ0) is 16.8. The fourth-order valence-electron chi connectivity index (χ4n) is 3.09. The van der Waals surface area contributed by atoms with Gasteiger partial charge in [0.2, 0.25) is 0 Å². The van der Waals surface area contributed by atoms with Crippen LogP contribution < -0.4 is 5.32 Å². The summed E-state index contributed by atoms with van der Waals surface area (Å²) in [5.41, 5.74) is 0.543. The van der Waals surface area contributed by atoms with Crippen molar-refractivity contribution in [2.45, 2.75) is 44.1 Å². The summed E-state index contributed by atoms with van der Waals surface area (Å²) in [4.78, 5) is 20.8. The van der Waals surface area contributed by atoms with Crippen molar-refractivity contribution in [1.29, 1.82) is 0 Å². The van der Waals surface area contributed by atoms with E-state index in [0.29, 0.717) is 11.4 Å². The summed E-state index contributed by atoms with van der Waals surface area (Å²) < 4.78 is 0. The lowest BCUT2D eigenvalue weighted by atomic mass is 9.94. The topological polar surface area (TPSA) is 75.1 Å². The van der Waals surface area contributed by atoms with Gasteiger partial charge < -0.3 is 10.4 Å². The maximum Gasteiger partial charge on any atom is 0.254 e. The molecule has 0 aliphatic heterocycles. The molecule has 1 aromatic carbocycles. The number of aromatic nitrogens is 2. The lowest BCUT2D eigenvalue weighted by Gasteiger charge is -2.26. The summed E-state index contributed by atoms with van der Waals surface area (Å²) >= 11 is 0. The molecule has 24 heavy (non-hydrogen) atoms. The molecule has 0 spiro atoms. The van der Waals surface area contributed by atoms with Gasteiger partial charge in [-0.15, -0.1) is 0 Å². The molecule has 2 aromatic rings. The first-order chi connectivity index (χ1) is 11.7. The Bertz CT molecular complexity index is 663. The number of amides is 1. The van der Waals surface area contributed by atoms with Crippen LogP contribution in [0.2, 0.25) is 0 Å². The van der Waals surface area contributed by atoms with Crippen LogP contribution in [0, 0.1) is 0 Å². The van der Waals surface area contributed by atoms with Gasteiger partial charge in [-0.25, -0.2) is 9.97 Å². The number of nitrogens with one attached hydrogen (secondary N) is 1. The van der Waals surface area contributed by atoms with Crippen molar-refractivity contribution < 1.29 is 9.90 Å². The molecule has 1 aliphatic rings. The summed E-state index contributed by atoms with van der Waals surface area (Å²) in [5.74, 6) is 0.349. The lowest BCUT2D eigenvalue weighted by Crippen LogP contribution is -2.42. The molecule has 0 atom stereocenters. The van der Waals surface area contributed by atoms with Crippen LogP contribution in [0.1, 0.15) is 48.9 Å². The minimum absolute atomic E-state index is 0.243. The summed E-state index contributed by atoms with van der Waals surface area (Å²) in [7, 11) is 0. The number of rotatable bonds is 4. The molecule has 1 aromatic heterocycles. The molecule has 0 radical (unpaired) electrons. The first-order valence-corrected chi connectivity index (χ1v) is 8.54. The summed E-state index contributed by atoms with van der Waals surface area (Å²) in [6.45, 7) is 0.284. The van der Waals surface area contributed by atoms with Crippen molar-refractivity contribution in [3.63, 3.8) is 0 Å². The molecule has 5 nitrogen and oxygen atoms in total. The van der Waals surface area contributed by atoms with E-state index in [0.717, 1.165) is 44.1 Å². The molecular formula is C19H23N3O2. The fourth-order valence-corrected chi connectivity index (χ4v) is 3.09. The molecule has 0 bridgehead atoms. The molecule has 1 heterocycles. The van der Waals surface area contributed by atoms with Crippen LogP contribution in [0.5, 0.6) is 0 Å². The largest absolute Gasteiger partial charge is 0.388 e. The number of aliphatic hydroxyl groups is 1. The van der Waals surface area contributed by atoms with E-state index in [9.17, 15) is 9.90 Å². The van der Waals surface area contributed by atoms with E-state index in [2.05, 4.69) is 15.3 Å². The highest BCUT2D eigenvalue weighted by atomic mass is 16.3. The summed E-state index contributed by atoms with van der Waals surface area (Å²) in [6, 6.07) is 9.64. The van der Waals surface area contributed by atoms with Gasteiger partial charge in [-0.1, -0.05) is 56.0 Å². The Kier molecular flexibility index (Phi) is 5.20. The zero-order valence-corrected chi connectivity index (χ0v) is 13.7. The van der Waals surface area contributed by atoms with Gasteiger partial charge >= 0.3 is 0 Å². The highest BCUT2D eigenvalue weighted by molar-refractivity contribution is 5.93. The van der Waals surface area contributed by atoms with Crippen LogP contribution in [0.25, 0.3) is 11.4 Å². The van der Waals surface area contributed by atoms with Gasteiger partial charge in [-0.3, -0.25) is 4.79 Å². The van der Waals surface area contributed by atoms with Crippen LogP contribution in [-0.4, -0.2) is 33.1 Å². The second kappa shape index (κ2) is 7.53. The molecule has 0 saturated heterocycles. The van der Waals surface area contributed by atoms with Crippen LogP contribution in [0.4, 0.5) is 0 Å². The quantitative estimate of drug-likeness (QED) is 0.848. The zero-order valence-electron chi connectivity index (χ0n) is 13.7. The Hall–Kier alpha value is -2.27. The minimum atomic E-state index is -0.781. The molecule has 126 valence electrons. The van der Waals surface area contributed by atoms with E-state index in [1.54, 1.807) is 0 Å². The van der Waals surface area contributed by atoms with Crippen LogP contribution in [-0.2, 0) is 0 Å². The Morgan fingerprint density at radius 2 is 1.67 bits per heavy atom. The summed E-state index contributed by atoms with van der Waals surface area (Å²) in [5, 5.41) is 13.4. The van der Waals surface area contributed by atoms with E-state index >= 15 is 0 Å². The van der Waals surface area contributed by atoms with Crippen molar-refractivity contribution in [1.82, 2.24) is 15.3 Å². The Labute approximate surface area is 142 Å². The Morgan fingerprint density at radius 1 is 1.04 bits per heavy atom. The van der Waals surface area contributed by atoms with Gasteiger partial charge in [-0.2, -0.15) is 0 Å². The molecule has 3 rings (SSSR count). The van der Waals surface area contributed by atoms with Crippen molar-refractivity contribution >= 4 is 5.91 Å². The predicted octanol–water partition coefficient (Wildman–Crippen LogP) is 2.96. The average Bonchev–Trinajstić information content (AvgIpc) is 2.86. The first-order valence-electron chi connectivity index (χ1n) is 8.54. The SMILES string of the molecule is O=C(NCC1(O)CCCCCC1)c1cnc(-c2ccccc2)nc1. The standard InChI is InChI=1S/C19H23N3O2/c23-18(22-14-19(24)10-6-1-2-7-11-19)16-12-20-17(21-13-16)15-8-4-3-5-9-15/h3-5,8-9,12-13,24H,1-2,6-7,10-11,14H2,(H,22,23). The number of benzene rings is 1. The van der Waals surface area contributed by atoms with Crippen molar-refractivity contribution in [3.8, 4) is 11.4 Å². The first kappa shape index (κ1) is 16.6. The number of carbonyl (C=O) groups is 1. The number of carbonyl (C=O) groups excluding carboxylic acids is 1. The van der Waals surface area contributed by atoms with Crippen molar-refractivity contribution in [2.24, 2.45) is 0 Å². The fraction of sp³-hybridized carbons (Fsp3) is 0.421. The highest BCUT2D eigenvalue weighted by Gasteiger charge is 2.28. The van der Waals surface area contributed by atoms with E-state index in [4.69, 9.17) is 0 Å². The third-order valence-electron chi connectivity index (χ3n) is 4.56. The van der Waals surface area contributed by atoms with Crippen LogP contribution >= 0.6 is 0 Å². The van der Waals surface area contributed by atoms with Gasteiger partial charge in [0, 0.05) is 24.5 Å². The average molecular weight is 325 g/mol. The van der Waals surface area contributed by atoms with Gasteiger partial charge in [0.05, 0.1) is 11.2 Å². The second-order valence-corrected chi connectivity index (χ2v) is 6.48. The molecule has 2 N–H and O–H groups in total. The van der Waals surface area contributed by atoms with Gasteiger partial charge in [0.1, 0.15) is 0 Å². The van der Waals surface area contributed by atoms with E-state index < -0.39 is 5.60 Å². The molecule has 5 heteroatoms. The number of hydrogen-bond donors (Lipinski definition) is 2. The predicted molar refractivity (Wildman–Crippen MR) is 92.5 cm³/mol. The van der Waals surface area contributed by atoms with E-state index in [1.165, 1.54) is 12.4 Å². The Morgan fingerprint density at radius 3 is 2.29 bits per heavy atom. The molecule has 1 amide bonds. The van der Waals surface area contributed by atoms with Crippen LogP contribution in [0.15, 0.2) is 42.7 Å². The third kappa shape index (κ3) is 4.17. The lowest BCUT2D eigenvalue weighted by molar-refractivity contribution is 0.0246. The molecule has 1 aliphatic carbocycles. The minimum Gasteiger partial charge on any atom is -0.388 e. The summed E-state index contributed by atoms with van der Waals surface area (Å²) in [6.07, 6.45) is 8.90. The van der Waals surface area contributed by atoms with E-state index in [1.807, 2.05) is 30.3 Å². The van der Waals surface area contributed by atoms with E-state index in [-0.39, 0.29) is 12.5 Å². The molecule has 0 unspecified atom stereocenters. The monoisotopic (exact) mass is 325 g/mol. The smallest absolute Gasteiger partial charge is 0.254 e. The maximum atomic E-state index is 12.3. The van der Waals surface area contributed by atoms with Crippen LogP contribution in [0.3, 0.4) is 0 Å². The second-order valence-electron chi connectivity index (χ2n) is 6.48. The van der Waals surface area contributed by atoms with Crippen molar-refractivity contribution in [2.75, 3.05) is 6.54 Å². The van der Waals surface area contributed by atoms with Gasteiger partial charge in [-0.05, 0) is 12.8 Å². The molecular weight excluding hydrogens is 302 g/mol. The van der Waals surface area contributed by atoms with Gasteiger partial charge in [0.15, 0.2) is 5.82 Å². The molecule has 1 fully saturated rings. The highest BCUT2D eigenvalue weighted by Crippen LogP contribution is 2.26. The number of hydrogen-bond acceptors (Lipinski definition) is 4. The maximum absolute atomic E-state index is 12.3. The normalized spacial score (nSPS) is 17.0. The molecule has 1 saturated carbocycles. The Balaban J connectivity index is 1.61. The number of nitrogens with zero attached hydrogens (tertiary/aromatic N) is 2. The van der Waals surface area contributed by atoms with Crippen molar-refractivity contribution in [3.05, 3.63) is 48.3 Å². The third-order valence-corrected chi connectivity index (χ3v) is 4.56. The van der Waals surface area contributed by atoms with Gasteiger partial charge in [0.25, 0.3) is 5.91 Å².